The third-order valence-corrected chi connectivity index (χ3v) is 4.47. The van der Waals surface area contributed by atoms with E-state index in [1.807, 2.05) is 24.3 Å². The summed E-state index contributed by atoms with van der Waals surface area (Å²) in [7, 11) is 0. The standard InChI is InChI=1S/C21H21N3O3/c22-12-15-8-10-17(11-9-15)23-20(25)13-27-14-21(26)24-19-7-3-5-16-4-1-2-6-18(16)19/h1-2,4,6,8-11,19H,3,5,7,13-14H2,(H,23,25)(H,24,26)/t19-/m0/s1. The third-order valence-electron chi connectivity index (χ3n) is 4.47. The predicted molar refractivity (Wildman–Crippen MR) is 101 cm³/mol. The lowest BCUT2D eigenvalue weighted by Crippen LogP contribution is -2.34. The summed E-state index contributed by atoms with van der Waals surface area (Å²) in [5, 5.41) is 14.4. The first kappa shape index (κ1) is 18.6. The molecule has 0 radical (unpaired) electrons. The van der Waals surface area contributed by atoms with Crippen molar-refractivity contribution in [1.82, 2.24) is 5.32 Å². The molecule has 2 aromatic carbocycles. The lowest BCUT2D eigenvalue weighted by Gasteiger charge is -2.26. The minimum Gasteiger partial charge on any atom is -0.362 e. The van der Waals surface area contributed by atoms with Gasteiger partial charge in [0.1, 0.15) is 13.2 Å². The van der Waals surface area contributed by atoms with E-state index in [2.05, 4.69) is 16.7 Å². The van der Waals surface area contributed by atoms with Gasteiger partial charge < -0.3 is 15.4 Å². The Morgan fingerprint density at radius 2 is 1.81 bits per heavy atom. The summed E-state index contributed by atoms with van der Waals surface area (Å²) in [5.74, 6) is -0.585. The number of hydrogen-bond acceptors (Lipinski definition) is 4. The van der Waals surface area contributed by atoms with Crippen LogP contribution in [0, 0.1) is 11.3 Å². The lowest BCUT2D eigenvalue weighted by molar-refractivity contribution is -0.129. The summed E-state index contributed by atoms with van der Waals surface area (Å²) in [4.78, 5) is 24.0. The largest absolute Gasteiger partial charge is 0.362 e. The number of amides is 2. The second kappa shape index (κ2) is 8.97. The molecule has 0 aliphatic heterocycles. The second-order valence-corrected chi connectivity index (χ2v) is 6.44. The van der Waals surface area contributed by atoms with Crippen LogP contribution in [0.2, 0.25) is 0 Å². The summed E-state index contributed by atoms with van der Waals surface area (Å²) < 4.78 is 5.23. The molecule has 0 saturated carbocycles. The van der Waals surface area contributed by atoms with Crippen LogP contribution in [0.4, 0.5) is 5.69 Å². The summed E-state index contributed by atoms with van der Waals surface area (Å²) in [6.07, 6.45) is 2.98. The number of ether oxygens (including phenoxy) is 1. The first-order valence-electron chi connectivity index (χ1n) is 8.90. The number of carbonyl (C=O) groups excluding carboxylic acids is 2. The van der Waals surface area contributed by atoms with Crippen LogP contribution in [0.5, 0.6) is 0 Å². The van der Waals surface area contributed by atoms with Crippen molar-refractivity contribution in [3.8, 4) is 6.07 Å². The first-order valence-corrected chi connectivity index (χ1v) is 8.90. The zero-order valence-corrected chi connectivity index (χ0v) is 14.9. The zero-order valence-electron chi connectivity index (χ0n) is 14.9. The molecule has 6 heteroatoms. The number of nitriles is 1. The number of aryl methyl sites for hydroxylation is 1. The van der Waals surface area contributed by atoms with Crippen molar-refractivity contribution in [3.63, 3.8) is 0 Å². The Kier molecular flexibility index (Phi) is 6.18. The smallest absolute Gasteiger partial charge is 0.250 e. The van der Waals surface area contributed by atoms with Crippen LogP contribution in [0.3, 0.4) is 0 Å². The van der Waals surface area contributed by atoms with Crippen molar-refractivity contribution in [1.29, 1.82) is 5.26 Å². The van der Waals surface area contributed by atoms with Gasteiger partial charge in [-0.1, -0.05) is 24.3 Å². The van der Waals surface area contributed by atoms with Crippen molar-refractivity contribution in [2.24, 2.45) is 0 Å². The molecule has 2 aromatic rings. The van der Waals surface area contributed by atoms with Crippen molar-refractivity contribution in [3.05, 3.63) is 65.2 Å². The number of benzene rings is 2. The molecule has 1 aliphatic carbocycles. The highest BCUT2D eigenvalue weighted by Crippen LogP contribution is 2.29. The number of nitrogens with one attached hydrogen (secondary N) is 2. The Morgan fingerprint density at radius 3 is 2.59 bits per heavy atom. The van der Waals surface area contributed by atoms with Gasteiger partial charge >= 0.3 is 0 Å². The van der Waals surface area contributed by atoms with E-state index in [-0.39, 0.29) is 31.1 Å². The predicted octanol–water partition coefficient (Wildman–Crippen LogP) is 2.71. The Hall–Kier alpha value is -3.17. The molecule has 0 saturated heterocycles. The number of carbonyl (C=O) groups is 2. The van der Waals surface area contributed by atoms with E-state index < -0.39 is 0 Å². The monoisotopic (exact) mass is 363 g/mol. The SMILES string of the molecule is N#Cc1ccc(NC(=O)COCC(=O)N[C@H]2CCCc3ccccc32)cc1. The molecule has 0 heterocycles. The van der Waals surface area contributed by atoms with Gasteiger partial charge in [0, 0.05) is 5.69 Å². The summed E-state index contributed by atoms with van der Waals surface area (Å²) in [6, 6.07) is 16.7. The van der Waals surface area contributed by atoms with Gasteiger partial charge in [-0.25, -0.2) is 0 Å². The molecule has 1 atom stereocenters. The van der Waals surface area contributed by atoms with E-state index >= 15 is 0 Å². The van der Waals surface area contributed by atoms with Gasteiger partial charge in [0.25, 0.3) is 0 Å². The average molecular weight is 363 g/mol. The molecule has 0 bridgehead atoms. The molecule has 0 aromatic heterocycles. The van der Waals surface area contributed by atoms with Crippen LogP contribution >= 0.6 is 0 Å². The molecule has 0 unspecified atom stereocenters. The zero-order chi connectivity index (χ0) is 19.1. The van der Waals surface area contributed by atoms with Crippen molar-refractivity contribution in [2.45, 2.75) is 25.3 Å². The van der Waals surface area contributed by atoms with Gasteiger partial charge in [-0.15, -0.1) is 0 Å². The molecule has 2 N–H and O–H groups in total. The van der Waals surface area contributed by atoms with Crippen LogP contribution in [0.25, 0.3) is 0 Å². The Labute approximate surface area is 158 Å². The van der Waals surface area contributed by atoms with E-state index in [1.54, 1.807) is 24.3 Å². The minimum atomic E-state index is -0.351. The van der Waals surface area contributed by atoms with Crippen molar-refractivity contribution >= 4 is 17.5 Å². The topological polar surface area (TPSA) is 91.2 Å². The number of hydrogen-bond donors (Lipinski definition) is 2. The van der Waals surface area contributed by atoms with Crippen LogP contribution in [-0.2, 0) is 20.7 Å². The third kappa shape index (κ3) is 5.16. The van der Waals surface area contributed by atoms with Gasteiger partial charge in [-0.3, -0.25) is 9.59 Å². The van der Waals surface area contributed by atoms with E-state index in [0.29, 0.717) is 11.3 Å². The molecule has 138 valence electrons. The van der Waals surface area contributed by atoms with Crippen molar-refractivity contribution < 1.29 is 14.3 Å². The summed E-state index contributed by atoms with van der Waals surface area (Å²) >= 11 is 0. The van der Waals surface area contributed by atoms with Gasteiger partial charge in [0.15, 0.2) is 0 Å². The molecule has 2 amide bonds. The normalized spacial score (nSPS) is 15.3. The van der Waals surface area contributed by atoms with E-state index in [9.17, 15) is 9.59 Å². The van der Waals surface area contributed by atoms with E-state index in [1.165, 1.54) is 5.56 Å². The number of nitrogens with zero attached hydrogens (tertiary/aromatic N) is 1. The summed E-state index contributed by atoms with van der Waals surface area (Å²) in [6.45, 7) is -0.381. The molecule has 3 rings (SSSR count). The maximum absolute atomic E-state index is 12.1. The highest BCUT2D eigenvalue weighted by atomic mass is 16.5. The van der Waals surface area contributed by atoms with Crippen LogP contribution in [-0.4, -0.2) is 25.0 Å². The maximum atomic E-state index is 12.1. The average Bonchev–Trinajstić information content (AvgIpc) is 2.69. The van der Waals surface area contributed by atoms with E-state index in [0.717, 1.165) is 24.8 Å². The molecule has 0 fully saturated rings. The highest BCUT2D eigenvalue weighted by Gasteiger charge is 2.21. The molecule has 1 aliphatic rings. The van der Waals surface area contributed by atoms with Gasteiger partial charge in [-0.05, 0) is 54.7 Å². The quantitative estimate of drug-likeness (QED) is 0.825. The Balaban J connectivity index is 1.42. The maximum Gasteiger partial charge on any atom is 0.250 e. The fraction of sp³-hybridized carbons (Fsp3) is 0.286. The van der Waals surface area contributed by atoms with Crippen LogP contribution < -0.4 is 10.6 Å². The highest BCUT2D eigenvalue weighted by molar-refractivity contribution is 5.91. The molecular formula is C21H21N3O3. The van der Waals surface area contributed by atoms with Crippen LogP contribution in [0.1, 0.15) is 35.6 Å². The molecule has 0 spiro atoms. The van der Waals surface area contributed by atoms with Gasteiger partial charge in [0.05, 0.1) is 17.7 Å². The first-order chi connectivity index (χ1) is 13.2. The lowest BCUT2D eigenvalue weighted by atomic mass is 9.88. The Morgan fingerprint density at radius 1 is 1.07 bits per heavy atom. The summed E-state index contributed by atoms with van der Waals surface area (Å²) in [5.41, 5.74) is 3.53. The van der Waals surface area contributed by atoms with Crippen LogP contribution in [0.15, 0.2) is 48.5 Å². The number of rotatable bonds is 6. The Bertz CT molecular complexity index is 856. The molecule has 6 nitrogen and oxygen atoms in total. The van der Waals surface area contributed by atoms with E-state index in [4.69, 9.17) is 10.00 Å². The fourth-order valence-electron chi connectivity index (χ4n) is 3.20. The minimum absolute atomic E-state index is 0.00137. The second-order valence-electron chi connectivity index (χ2n) is 6.44. The van der Waals surface area contributed by atoms with Gasteiger partial charge in [-0.2, -0.15) is 5.26 Å². The fourth-order valence-corrected chi connectivity index (χ4v) is 3.20. The number of anilines is 1. The molecular weight excluding hydrogens is 342 g/mol. The molecule has 27 heavy (non-hydrogen) atoms. The van der Waals surface area contributed by atoms with Gasteiger partial charge in [0.2, 0.25) is 11.8 Å². The van der Waals surface area contributed by atoms with Crippen molar-refractivity contribution in [2.75, 3.05) is 18.5 Å². The number of fused-ring (bicyclic) bond motifs is 1.